The molecule has 0 amide bonds. The second-order valence-corrected chi connectivity index (χ2v) is 8.33. The Hall–Kier alpha value is -1.26. The molecule has 1 fully saturated rings. The molecule has 1 aliphatic heterocycles. The molecule has 1 aliphatic rings. The molecule has 0 unspecified atom stereocenters. The molecule has 140 valence electrons. The van der Waals surface area contributed by atoms with E-state index in [2.05, 4.69) is 30.9 Å². The first kappa shape index (κ1) is 19.5. The van der Waals surface area contributed by atoms with Gasteiger partial charge in [-0.05, 0) is 61.7 Å². The van der Waals surface area contributed by atoms with Gasteiger partial charge in [0.1, 0.15) is 5.75 Å². The zero-order chi connectivity index (χ0) is 18.7. The lowest BCUT2D eigenvalue weighted by Crippen LogP contribution is -2.56. The number of benzene rings is 2. The molecule has 0 aromatic heterocycles. The minimum Gasteiger partial charge on any atom is -0.497 e. The third-order valence-electron chi connectivity index (χ3n) is 4.87. The van der Waals surface area contributed by atoms with Crippen molar-refractivity contribution in [1.29, 1.82) is 0 Å². The number of ether oxygens (including phenoxy) is 2. The molecular weight excluding hydrogens is 369 g/mol. The summed E-state index contributed by atoms with van der Waals surface area (Å²) >= 11 is 12.3. The normalized spacial score (nSPS) is 20.1. The summed E-state index contributed by atoms with van der Waals surface area (Å²) in [5.41, 5.74) is 2.37. The van der Waals surface area contributed by atoms with Gasteiger partial charge < -0.3 is 9.47 Å². The molecule has 0 aliphatic carbocycles. The van der Waals surface area contributed by atoms with Gasteiger partial charge in [0, 0.05) is 28.7 Å². The highest BCUT2D eigenvalue weighted by Gasteiger charge is 2.35. The first-order valence-corrected chi connectivity index (χ1v) is 9.56. The van der Waals surface area contributed by atoms with Crippen LogP contribution in [0, 0.1) is 0 Å². The summed E-state index contributed by atoms with van der Waals surface area (Å²) in [7, 11) is 1.69. The monoisotopic (exact) mass is 393 g/mol. The third-order valence-corrected chi connectivity index (χ3v) is 5.31. The number of methoxy groups -OCH3 is 1. The number of nitrogens with zero attached hydrogens (tertiary/aromatic N) is 1. The van der Waals surface area contributed by atoms with Crippen molar-refractivity contribution in [3.8, 4) is 5.75 Å². The second kappa shape index (κ2) is 8.18. The predicted molar refractivity (Wildman–Crippen MR) is 107 cm³/mol. The van der Waals surface area contributed by atoms with Gasteiger partial charge in [0.05, 0.1) is 19.8 Å². The minimum absolute atomic E-state index is 0.0115. The van der Waals surface area contributed by atoms with E-state index < -0.39 is 0 Å². The van der Waals surface area contributed by atoms with E-state index in [1.54, 1.807) is 13.2 Å². The summed E-state index contributed by atoms with van der Waals surface area (Å²) < 4.78 is 11.4. The third kappa shape index (κ3) is 4.92. The summed E-state index contributed by atoms with van der Waals surface area (Å²) in [6.07, 6.45) is 0.922. The number of rotatable bonds is 5. The molecule has 1 atom stereocenters. The largest absolute Gasteiger partial charge is 0.497 e. The van der Waals surface area contributed by atoms with Crippen molar-refractivity contribution in [3.63, 3.8) is 0 Å². The van der Waals surface area contributed by atoms with Crippen LogP contribution in [0.5, 0.6) is 5.75 Å². The van der Waals surface area contributed by atoms with Crippen LogP contribution in [-0.2, 0) is 17.7 Å². The summed E-state index contributed by atoms with van der Waals surface area (Å²) in [5, 5.41) is 1.33. The Morgan fingerprint density at radius 3 is 2.35 bits per heavy atom. The summed E-state index contributed by atoms with van der Waals surface area (Å²) in [6, 6.07) is 13.9. The van der Waals surface area contributed by atoms with Crippen LogP contribution in [0.25, 0.3) is 0 Å². The van der Waals surface area contributed by atoms with E-state index in [4.69, 9.17) is 32.7 Å². The first-order valence-electron chi connectivity index (χ1n) is 8.80. The standard InChI is InChI=1S/C21H25Cl2NO2/c1-21(2)14-26-20(10-16-8-17(22)11-18(23)9-16)13-24(21)12-15-4-6-19(25-3)7-5-15/h4-9,11,20H,10,12-14H2,1-3H3/t20-/m1/s1. The fraction of sp³-hybridized carbons (Fsp3) is 0.429. The van der Waals surface area contributed by atoms with Crippen LogP contribution in [0.1, 0.15) is 25.0 Å². The van der Waals surface area contributed by atoms with Crippen molar-refractivity contribution < 1.29 is 9.47 Å². The fourth-order valence-corrected chi connectivity index (χ4v) is 3.88. The number of halogens is 2. The van der Waals surface area contributed by atoms with Gasteiger partial charge in [-0.2, -0.15) is 0 Å². The molecular formula is C21H25Cl2NO2. The Kier molecular flexibility index (Phi) is 6.13. The molecule has 3 rings (SSSR count). The van der Waals surface area contributed by atoms with Gasteiger partial charge in [0.15, 0.2) is 0 Å². The van der Waals surface area contributed by atoms with Crippen LogP contribution >= 0.6 is 23.2 Å². The SMILES string of the molecule is COc1ccc(CN2C[C@@H](Cc3cc(Cl)cc(Cl)c3)OCC2(C)C)cc1. The van der Waals surface area contributed by atoms with Gasteiger partial charge in [-0.3, -0.25) is 4.90 Å². The molecule has 0 saturated carbocycles. The highest BCUT2D eigenvalue weighted by atomic mass is 35.5. The van der Waals surface area contributed by atoms with Crippen molar-refractivity contribution in [1.82, 2.24) is 4.90 Å². The van der Waals surface area contributed by atoms with E-state index in [-0.39, 0.29) is 11.6 Å². The van der Waals surface area contributed by atoms with Crippen LogP contribution < -0.4 is 4.74 Å². The lowest BCUT2D eigenvalue weighted by molar-refractivity contribution is -0.101. The highest BCUT2D eigenvalue weighted by molar-refractivity contribution is 6.34. The van der Waals surface area contributed by atoms with Crippen LogP contribution in [0.3, 0.4) is 0 Å². The topological polar surface area (TPSA) is 21.7 Å². The van der Waals surface area contributed by atoms with Crippen LogP contribution in [0.2, 0.25) is 10.0 Å². The maximum absolute atomic E-state index is 6.13. The maximum Gasteiger partial charge on any atom is 0.118 e. The quantitative estimate of drug-likeness (QED) is 0.694. The van der Waals surface area contributed by atoms with Crippen molar-refractivity contribution in [3.05, 3.63) is 63.6 Å². The van der Waals surface area contributed by atoms with Gasteiger partial charge in [0.25, 0.3) is 0 Å². The zero-order valence-corrected chi connectivity index (χ0v) is 17.0. The summed E-state index contributed by atoms with van der Waals surface area (Å²) in [5.74, 6) is 0.880. The molecule has 2 aromatic carbocycles. The molecule has 1 heterocycles. The minimum atomic E-state index is -0.0115. The lowest BCUT2D eigenvalue weighted by Gasteiger charge is -2.45. The molecule has 26 heavy (non-hydrogen) atoms. The second-order valence-electron chi connectivity index (χ2n) is 7.46. The van der Waals surface area contributed by atoms with Crippen LogP contribution in [0.4, 0.5) is 0 Å². The van der Waals surface area contributed by atoms with E-state index in [9.17, 15) is 0 Å². The molecule has 1 saturated heterocycles. The number of hydrogen-bond acceptors (Lipinski definition) is 3. The van der Waals surface area contributed by atoms with E-state index in [0.29, 0.717) is 16.7 Å². The fourth-order valence-electron chi connectivity index (χ4n) is 3.30. The van der Waals surface area contributed by atoms with Crippen molar-refractivity contribution in [2.45, 2.75) is 38.5 Å². The van der Waals surface area contributed by atoms with E-state index >= 15 is 0 Å². The Bertz CT molecular complexity index is 726. The van der Waals surface area contributed by atoms with Crippen molar-refractivity contribution >= 4 is 23.2 Å². The Morgan fingerprint density at radius 2 is 1.73 bits per heavy atom. The molecule has 0 bridgehead atoms. The molecule has 5 heteroatoms. The van der Waals surface area contributed by atoms with Gasteiger partial charge in [-0.15, -0.1) is 0 Å². The summed E-state index contributed by atoms with van der Waals surface area (Å²) in [4.78, 5) is 2.48. The van der Waals surface area contributed by atoms with Gasteiger partial charge in [0.2, 0.25) is 0 Å². The van der Waals surface area contributed by atoms with E-state index in [1.807, 2.05) is 24.3 Å². The number of morpholine rings is 1. The van der Waals surface area contributed by atoms with Gasteiger partial charge in [-0.1, -0.05) is 35.3 Å². The predicted octanol–water partition coefficient (Wildman–Crippen LogP) is 5.22. The van der Waals surface area contributed by atoms with E-state index in [0.717, 1.165) is 30.8 Å². The van der Waals surface area contributed by atoms with E-state index in [1.165, 1.54) is 5.56 Å². The Balaban J connectivity index is 1.69. The summed E-state index contributed by atoms with van der Waals surface area (Å²) in [6.45, 7) is 6.89. The first-order chi connectivity index (χ1) is 12.4. The average molecular weight is 394 g/mol. The van der Waals surface area contributed by atoms with Crippen molar-refractivity contribution in [2.24, 2.45) is 0 Å². The maximum atomic E-state index is 6.13. The molecule has 0 radical (unpaired) electrons. The zero-order valence-electron chi connectivity index (χ0n) is 15.5. The Labute approximate surface area is 165 Å². The lowest BCUT2D eigenvalue weighted by atomic mass is 9.97. The number of hydrogen-bond donors (Lipinski definition) is 0. The molecule has 3 nitrogen and oxygen atoms in total. The Morgan fingerprint density at radius 1 is 1.08 bits per heavy atom. The van der Waals surface area contributed by atoms with Gasteiger partial charge in [-0.25, -0.2) is 0 Å². The van der Waals surface area contributed by atoms with Crippen molar-refractivity contribution in [2.75, 3.05) is 20.3 Å². The molecule has 0 spiro atoms. The van der Waals surface area contributed by atoms with Crippen LogP contribution in [-0.4, -0.2) is 36.8 Å². The smallest absolute Gasteiger partial charge is 0.118 e. The molecule has 2 aromatic rings. The molecule has 0 N–H and O–H groups in total. The average Bonchev–Trinajstić information content (AvgIpc) is 2.58. The van der Waals surface area contributed by atoms with Gasteiger partial charge >= 0.3 is 0 Å². The van der Waals surface area contributed by atoms with Crippen LogP contribution in [0.15, 0.2) is 42.5 Å². The highest BCUT2D eigenvalue weighted by Crippen LogP contribution is 2.27.